The lowest BCUT2D eigenvalue weighted by atomic mass is 9.93. The monoisotopic (exact) mass is 557 g/mol. The van der Waals surface area contributed by atoms with Crippen LogP contribution in [-0.2, 0) is 15.8 Å². The first kappa shape index (κ1) is 27.2. The maximum absolute atomic E-state index is 13.2. The molecule has 13 heteroatoms. The zero-order valence-electron chi connectivity index (χ0n) is 19.2. The number of hydrogen-bond donors (Lipinski definition) is 2. The number of amides is 2. The van der Waals surface area contributed by atoms with Crippen molar-refractivity contribution >= 4 is 39.9 Å². The van der Waals surface area contributed by atoms with E-state index in [9.17, 15) is 35.9 Å². The fourth-order valence-corrected chi connectivity index (χ4v) is 4.19. The van der Waals surface area contributed by atoms with Crippen LogP contribution in [0.15, 0.2) is 59.8 Å². The molecule has 0 saturated carbocycles. The topological polar surface area (TPSA) is 79.8 Å². The van der Waals surface area contributed by atoms with E-state index in [0.29, 0.717) is 22.0 Å². The molecule has 1 aliphatic rings. The normalized spacial score (nSPS) is 15.7. The molecule has 0 aliphatic carbocycles. The van der Waals surface area contributed by atoms with Crippen LogP contribution in [-0.4, -0.2) is 36.8 Å². The van der Waals surface area contributed by atoms with Crippen molar-refractivity contribution in [2.75, 3.05) is 13.1 Å². The molecule has 4 rings (SSSR count). The molecule has 0 bridgehead atoms. The SMILES string of the molecule is O=C(CNC(=O)c1ccc(C2=NO[C@H](c3cc(Cl)cc(C(F)(F)F)c3)C2)c2ccccc12)NCC(F)(F)F. The van der Waals surface area contributed by atoms with Crippen LogP contribution < -0.4 is 10.6 Å². The molecule has 0 saturated heterocycles. The number of oxime groups is 1. The highest BCUT2D eigenvalue weighted by Crippen LogP contribution is 2.37. The minimum absolute atomic E-state index is 0.0974. The minimum Gasteiger partial charge on any atom is -0.387 e. The second kappa shape index (κ2) is 10.5. The molecule has 0 radical (unpaired) electrons. The van der Waals surface area contributed by atoms with Crippen LogP contribution in [0.25, 0.3) is 10.8 Å². The lowest BCUT2D eigenvalue weighted by Crippen LogP contribution is -2.40. The molecule has 1 atom stereocenters. The molecule has 200 valence electrons. The third-order valence-corrected chi connectivity index (χ3v) is 5.88. The van der Waals surface area contributed by atoms with Crippen molar-refractivity contribution in [3.8, 4) is 0 Å². The van der Waals surface area contributed by atoms with Gasteiger partial charge in [-0.2, -0.15) is 26.3 Å². The molecule has 2 N–H and O–H groups in total. The number of rotatable bonds is 6. The fourth-order valence-electron chi connectivity index (χ4n) is 3.94. The van der Waals surface area contributed by atoms with Crippen molar-refractivity contribution in [2.45, 2.75) is 24.9 Å². The fraction of sp³-hybridized carbons (Fsp3) is 0.240. The summed E-state index contributed by atoms with van der Waals surface area (Å²) in [4.78, 5) is 29.8. The average molecular weight is 558 g/mol. The number of hydrogen-bond acceptors (Lipinski definition) is 4. The minimum atomic E-state index is -4.59. The summed E-state index contributed by atoms with van der Waals surface area (Å²) < 4.78 is 76.4. The Kier molecular flexibility index (Phi) is 7.54. The number of halogens is 7. The van der Waals surface area contributed by atoms with E-state index in [1.54, 1.807) is 35.6 Å². The molecule has 0 unspecified atom stereocenters. The largest absolute Gasteiger partial charge is 0.416 e. The number of alkyl halides is 6. The Bertz CT molecular complexity index is 1420. The van der Waals surface area contributed by atoms with Crippen LogP contribution in [0.2, 0.25) is 5.02 Å². The Hall–Kier alpha value is -3.80. The number of benzene rings is 3. The van der Waals surface area contributed by atoms with Gasteiger partial charge in [-0.25, -0.2) is 0 Å². The van der Waals surface area contributed by atoms with Crippen molar-refractivity contribution in [3.63, 3.8) is 0 Å². The van der Waals surface area contributed by atoms with E-state index in [1.807, 2.05) is 0 Å². The van der Waals surface area contributed by atoms with Crippen molar-refractivity contribution in [3.05, 3.63) is 81.9 Å². The van der Waals surface area contributed by atoms with E-state index >= 15 is 0 Å². The second-order valence-electron chi connectivity index (χ2n) is 8.39. The summed E-state index contributed by atoms with van der Waals surface area (Å²) in [5.41, 5.74) is 0.449. The highest BCUT2D eigenvalue weighted by atomic mass is 35.5. The van der Waals surface area contributed by atoms with Gasteiger partial charge in [0.1, 0.15) is 6.54 Å². The summed E-state index contributed by atoms with van der Waals surface area (Å²) in [7, 11) is 0. The lowest BCUT2D eigenvalue weighted by molar-refractivity contribution is -0.137. The molecule has 38 heavy (non-hydrogen) atoms. The first-order valence-corrected chi connectivity index (χ1v) is 11.4. The van der Waals surface area contributed by atoms with E-state index in [4.69, 9.17) is 16.4 Å². The average Bonchev–Trinajstić information content (AvgIpc) is 3.34. The predicted molar refractivity (Wildman–Crippen MR) is 127 cm³/mol. The summed E-state index contributed by atoms with van der Waals surface area (Å²) in [6, 6.07) is 12.9. The zero-order valence-corrected chi connectivity index (χ0v) is 20.0. The predicted octanol–water partition coefficient (Wildman–Crippen LogP) is 5.79. The Morgan fingerprint density at radius 2 is 1.68 bits per heavy atom. The molecule has 1 heterocycles. The molecule has 3 aromatic carbocycles. The Morgan fingerprint density at radius 3 is 2.37 bits per heavy atom. The summed E-state index contributed by atoms with van der Waals surface area (Å²) in [5, 5.41) is 8.96. The molecule has 1 aliphatic heterocycles. The van der Waals surface area contributed by atoms with Gasteiger partial charge in [-0.05, 0) is 40.6 Å². The van der Waals surface area contributed by atoms with E-state index in [0.717, 1.165) is 12.1 Å². The van der Waals surface area contributed by atoms with Gasteiger partial charge in [-0.3, -0.25) is 9.59 Å². The Morgan fingerprint density at radius 1 is 0.974 bits per heavy atom. The van der Waals surface area contributed by atoms with Crippen LogP contribution in [0.1, 0.15) is 39.6 Å². The lowest BCUT2D eigenvalue weighted by Gasteiger charge is -2.14. The summed E-state index contributed by atoms with van der Waals surface area (Å²) in [6.07, 6.45) is -9.85. The first-order valence-electron chi connectivity index (χ1n) is 11.1. The summed E-state index contributed by atoms with van der Waals surface area (Å²) >= 11 is 5.89. The van der Waals surface area contributed by atoms with E-state index in [1.165, 1.54) is 12.1 Å². The third kappa shape index (κ3) is 6.36. The quantitative estimate of drug-likeness (QED) is 0.377. The first-order chi connectivity index (χ1) is 17.8. The summed E-state index contributed by atoms with van der Waals surface area (Å²) in [6.45, 7) is -2.18. The number of carbonyl (C=O) groups excluding carboxylic acids is 2. The highest BCUT2D eigenvalue weighted by molar-refractivity contribution is 6.30. The number of carbonyl (C=O) groups is 2. The second-order valence-corrected chi connectivity index (χ2v) is 8.82. The highest BCUT2D eigenvalue weighted by Gasteiger charge is 2.33. The maximum atomic E-state index is 13.2. The standard InChI is InChI=1S/C25H18ClF6N3O3/c26-15-8-13(7-14(9-15)25(30,31)32)21-10-20(35-38-21)18-5-6-19(17-4-2-1-3-16(17)18)23(37)33-11-22(36)34-12-24(27,28)29/h1-9,21H,10-12H2,(H,33,37)(H,34,36)/t21-/m0/s1. The number of nitrogens with one attached hydrogen (secondary N) is 2. The summed E-state index contributed by atoms with van der Waals surface area (Å²) in [5.74, 6) is -1.69. The molecule has 0 aromatic heterocycles. The van der Waals surface area contributed by atoms with Crippen LogP contribution in [0.5, 0.6) is 0 Å². The smallest absolute Gasteiger partial charge is 0.387 e. The van der Waals surface area contributed by atoms with Crippen LogP contribution >= 0.6 is 11.6 Å². The molecule has 6 nitrogen and oxygen atoms in total. The third-order valence-electron chi connectivity index (χ3n) is 5.66. The molecule has 2 amide bonds. The van der Waals surface area contributed by atoms with E-state index in [2.05, 4.69) is 10.5 Å². The van der Waals surface area contributed by atoms with Crippen LogP contribution in [0, 0.1) is 0 Å². The van der Waals surface area contributed by atoms with Crippen molar-refractivity contribution < 1.29 is 40.8 Å². The van der Waals surface area contributed by atoms with Gasteiger partial charge in [-0.15, -0.1) is 0 Å². The van der Waals surface area contributed by atoms with E-state index in [-0.39, 0.29) is 22.6 Å². The van der Waals surface area contributed by atoms with Crippen LogP contribution in [0.3, 0.4) is 0 Å². The van der Waals surface area contributed by atoms with Gasteiger partial charge in [0.05, 0.1) is 17.8 Å². The molecule has 0 spiro atoms. The van der Waals surface area contributed by atoms with Gasteiger partial charge in [0, 0.05) is 22.6 Å². The molecule has 3 aromatic rings. The van der Waals surface area contributed by atoms with Gasteiger partial charge in [0.25, 0.3) is 5.91 Å². The van der Waals surface area contributed by atoms with E-state index < -0.39 is 48.9 Å². The Balaban J connectivity index is 1.53. The van der Waals surface area contributed by atoms with Gasteiger partial charge >= 0.3 is 12.4 Å². The van der Waals surface area contributed by atoms with Crippen molar-refractivity contribution in [1.82, 2.24) is 10.6 Å². The number of fused-ring (bicyclic) bond motifs is 1. The van der Waals surface area contributed by atoms with Gasteiger partial charge in [0.15, 0.2) is 6.10 Å². The Labute approximate surface area is 216 Å². The van der Waals surface area contributed by atoms with Crippen LogP contribution in [0.4, 0.5) is 26.3 Å². The van der Waals surface area contributed by atoms with Crippen molar-refractivity contribution in [2.24, 2.45) is 5.16 Å². The zero-order chi connectivity index (χ0) is 27.7. The van der Waals surface area contributed by atoms with Gasteiger partial charge in [0.2, 0.25) is 5.91 Å². The maximum Gasteiger partial charge on any atom is 0.416 e. The molecule has 0 fully saturated rings. The molecular weight excluding hydrogens is 540 g/mol. The van der Waals surface area contributed by atoms with Gasteiger partial charge < -0.3 is 15.5 Å². The van der Waals surface area contributed by atoms with Gasteiger partial charge in [-0.1, -0.05) is 47.1 Å². The van der Waals surface area contributed by atoms with Crippen molar-refractivity contribution in [1.29, 1.82) is 0 Å². The molecular formula is C25H18ClF6N3O3. The number of nitrogens with zero attached hydrogens (tertiary/aromatic N) is 1.